The number of nitrogens with zero attached hydrogens (tertiary/aromatic N) is 1. The van der Waals surface area contributed by atoms with Gasteiger partial charge in [-0.2, -0.15) is 4.31 Å². The fourth-order valence-corrected chi connectivity index (χ4v) is 5.41. The molecule has 146 valence electrons. The molecule has 0 bridgehead atoms. The fraction of sp³-hybridized carbons (Fsp3) is 0.300. The number of carbonyl (C=O) groups is 2. The van der Waals surface area contributed by atoms with Crippen LogP contribution in [0.1, 0.15) is 23.1 Å². The Morgan fingerprint density at radius 3 is 2.61 bits per heavy atom. The maximum Gasteiger partial charge on any atom is 0.244 e. The molecule has 28 heavy (non-hydrogen) atoms. The SMILES string of the molecule is CNC(=O)[C@@H]1Cc2ccccc2CN1S(=O)(=O)c1ccc2c(c1)CCC(=O)N2. The Balaban J connectivity index is 1.75. The van der Waals surface area contributed by atoms with Crippen molar-refractivity contribution >= 4 is 27.5 Å². The number of aryl methyl sites for hydroxylation is 1. The monoisotopic (exact) mass is 399 g/mol. The van der Waals surface area contributed by atoms with Crippen molar-refractivity contribution < 1.29 is 18.0 Å². The van der Waals surface area contributed by atoms with Crippen LogP contribution in [0.25, 0.3) is 0 Å². The van der Waals surface area contributed by atoms with E-state index >= 15 is 0 Å². The van der Waals surface area contributed by atoms with Gasteiger partial charge in [-0.3, -0.25) is 9.59 Å². The summed E-state index contributed by atoms with van der Waals surface area (Å²) in [4.78, 5) is 24.1. The minimum atomic E-state index is -3.90. The van der Waals surface area contributed by atoms with Crippen molar-refractivity contribution in [1.29, 1.82) is 0 Å². The van der Waals surface area contributed by atoms with Gasteiger partial charge < -0.3 is 10.6 Å². The van der Waals surface area contributed by atoms with E-state index in [0.717, 1.165) is 16.7 Å². The highest BCUT2D eigenvalue weighted by Gasteiger charge is 2.39. The average molecular weight is 399 g/mol. The third-order valence-corrected chi connectivity index (χ3v) is 7.18. The number of rotatable bonds is 3. The molecule has 2 aliphatic heterocycles. The molecule has 0 spiro atoms. The van der Waals surface area contributed by atoms with Crippen molar-refractivity contribution in [2.24, 2.45) is 0 Å². The number of carbonyl (C=O) groups excluding carboxylic acids is 2. The van der Waals surface area contributed by atoms with Gasteiger partial charge in [0.25, 0.3) is 0 Å². The third kappa shape index (κ3) is 3.18. The number of benzene rings is 2. The van der Waals surface area contributed by atoms with Crippen molar-refractivity contribution in [3.05, 3.63) is 59.2 Å². The van der Waals surface area contributed by atoms with Crippen LogP contribution in [0.15, 0.2) is 47.4 Å². The second-order valence-corrected chi connectivity index (χ2v) is 8.91. The maximum absolute atomic E-state index is 13.4. The van der Waals surface area contributed by atoms with Gasteiger partial charge in [-0.05, 0) is 47.7 Å². The Hall–Kier alpha value is -2.71. The van der Waals surface area contributed by atoms with Crippen molar-refractivity contribution in [1.82, 2.24) is 9.62 Å². The summed E-state index contributed by atoms with van der Waals surface area (Å²) in [5.74, 6) is -0.404. The van der Waals surface area contributed by atoms with Crippen LogP contribution in [0.2, 0.25) is 0 Å². The van der Waals surface area contributed by atoms with Crippen LogP contribution in [0, 0.1) is 0 Å². The first-order chi connectivity index (χ1) is 13.4. The molecule has 2 aliphatic rings. The van der Waals surface area contributed by atoms with Crippen LogP contribution < -0.4 is 10.6 Å². The van der Waals surface area contributed by atoms with Crippen LogP contribution in [-0.4, -0.2) is 37.6 Å². The first kappa shape index (κ1) is 18.6. The molecular formula is C20H21N3O4S. The summed E-state index contributed by atoms with van der Waals surface area (Å²) in [5.41, 5.74) is 3.31. The number of sulfonamides is 1. The van der Waals surface area contributed by atoms with Crippen LogP contribution in [0.5, 0.6) is 0 Å². The number of hydrogen-bond acceptors (Lipinski definition) is 4. The fourth-order valence-electron chi connectivity index (χ4n) is 3.80. The summed E-state index contributed by atoms with van der Waals surface area (Å²) in [6, 6.07) is 11.5. The lowest BCUT2D eigenvalue weighted by atomic mass is 9.95. The van der Waals surface area contributed by atoms with Crippen molar-refractivity contribution in [3.8, 4) is 0 Å². The van der Waals surface area contributed by atoms with E-state index in [1.165, 1.54) is 17.4 Å². The first-order valence-electron chi connectivity index (χ1n) is 9.13. The average Bonchev–Trinajstić information content (AvgIpc) is 2.71. The van der Waals surface area contributed by atoms with Crippen LogP contribution in [0.3, 0.4) is 0 Å². The highest BCUT2D eigenvalue weighted by molar-refractivity contribution is 7.89. The summed E-state index contributed by atoms with van der Waals surface area (Å²) in [6.45, 7) is 0.143. The molecular weight excluding hydrogens is 378 g/mol. The Kier molecular flexibility index (Phi) is 4.68. The highest BCUT2D eigenvalue weighted by Crippen LogP contribution is 2.32. The molecule has 2 heterocycles. The minimum Gasteiger partial charge on any atom is -0.358 e. The topological polar surface area (TPSA) is 95.6 Å². The molecule has 2 aromatic carbocycles. The number of fused-ring (bicyclic) bond motifs is 2. The predicted octanol–water partition coefficient (Wildman–Crippen LogP) is 1.43. The molecule has 0 fully saturated rings. The molecule has 1 atom stereocenters. The van der Waals surface area contributed by atoms with E-state index < -0.39 is 16.1 Å². The molecule has 0 aromatic heterocycles. The normalized spacial score (nSPS) is 19.3. The van der Waals surface area contributed by atoms with Crippen LogP contribution >= 0.6 is 0 Å². The Bertz CT molecular complexity index is 1060. The number of likely N-dealkylation sites (N-methyl/N-ethyl adjacent to an activating group) is 1. The lowest BCUT2D eigenvalue weighted by molar-refractivity contribution is -0.124. The molecule has 0 unspecified atom stereocenters. The van der Waals surface area contributed by atoms with Gasteiger partial charge in [0.2, 0.25) is 21.8 Å². The number of amides is 2. The molecule has 8 heteroatoms. The second kappa shape index (κ2) is 7.03. The van der Waals surface area contributed by atoms with Gasteiger partial charge in [0.1, 0.15) is 6.04 Å². The predicted molar refractivity (Wildman–Crippen MR) is 104 cm³/mol. The van der Waals surface area contributed by atoms with Gasteiger partial charge in [-0.25, -0.2) is 8.42 Å². The Morgan fingerprint density at radius 2 is 1.86 bits per heavy atom. The van der Waals surface area contributed by atoms with E-state index in [0.29, 0.717) is 24.9 Å². The lowest BCUT2D eigenvalue weighted by Crippen LogP contribution is -2.51. The van der Waals surface area contributed by atoms with Crippen molar-refractivity contribution in [3.63, 3.8) is 0 Å². The van der Waals surface area contributed by atoms with Crippen molar-refractivity contribution in [2.75, 3.05) is 12.4 Å². The van der Waals surface area contributed by atoms with E-state index in [4.69, 9.17) is 0 Å². The van der Waals surface area contributed by atoms with E-state index in [2.05, 4.69) is 10.6 Å². The van der Waals surface area contributed by atoms with E-state index in [1.807, 2.05) is 24.3 Å². The molecule has 0 saturated heterocycles. The highest BCUT2D eigenvalue weighted by atomic mass is 32.2. The van der Waals surface area contributed by atoms with Crippen molar-refractivity contribution in [2.45, 2.75) is 36.7 Å². The van der Waals surface area contributed by atoms with E-state index in [-0.39, 0.29) is 23.3 Å². The van der Waals surface area contributed by atoms with Gasteiger partial charge in [-0.15, -0.1) is 0 Å². The van der Waals surface area contributed by atoms with Gasteiger partial charge in [-0.1, -0.05) is 24.3 Å². The largest absolute Gasteiger partial charge is 0.358 e. The maximum atomic E-state index is 13.4. The molecule has 2 amide bonds. The molecule has 2 aromatic rings. The third-order valence-electron chi connectivity index (χ3n) is 5.33. The molecule has 4 rings (SSSR count). The van der Waals surface area contributed by atoms with Crippen LogP contribution in [-0.2, 0) is 39.0 Å². The smallest absolute Gasteiger partial charge is 0.244 e. The van der Waals surface area contributed by atoms with Gasteiger partial charge in [0.05, 0.1) is 4.90 Å². The molecule has 0 radical (unpaired) electrons. The van der Waals surface area contributed by atoms with Gasteiger partial charge >= 0.3 is 0 Å². The standard InChI is InChI=1S/C20H21N3O4S/c1-21-20(25)18-11-13-4-2-3-5-15(13)12-23(18)28(26,27)16-7-8-17-14(10-16)6-9-19(24)22-17/h2-5,7-8,10,18H,6,9,11-12H2,1H3,(H,21,25)(H,22,24)/t18-/m0/s1. The number of anilines is 1. The molecule has 7 nitrogen and oxygen atoms in total. The molecule has 0 saturated carbocycles. The molecule has 2 N–H and O–H groups in total. The molecule has 0 aliphatic carbocycles. The Morgan fingerprint density at radius 1 is 1.11 bits per heavy atom. The summed E-state index contributed by atoms with van der Waals surface area (Å²) in [5, 5.41) is 5.34. The summed E-state index contributed by atoms with van der Waals surface area (Å²) in [6.07, 6.45) is 1.15. The minimum absolute atomic E-state index is 0.0737. The summed E-state index contributed by atoms with van der Waals surface area (Å²) < 4.78 is 28.1. The van der Waals surface area contributed by atoms with Gasteiger partial charge in [0, 0.05) is 25.7 Å². The first-order valence-corrected chi connectivity index (χ1v) is 10.6. The zero-order valence-corrected chi connectivity index (χ0v) is 16.3. The summed E-state index contributed by atoms with van der Waals surface area (Å²) in [7, 11) is -2.39. The van der Waals surface area contributed by atoms with Crippen LogP contribution in [0.4, 0.5) is 5.69 Å². The zero-order chi connectivity index (χ0) is 19.9. The number of nitrogens with one attached hydrogen (secondary N) is 2. The van der Waals surface area contributed by atoms with E-state index in [9.17, 15) is 18.0 Å². The van der Waals surface area contributed by atoms with E-state index in [1.54, 1.807) is 12.1 Å². The number of hydrogen-bond donors (Lipinski definition) is 2. The quantitative estimate of drug-likeness (QED) is 0.816. The summed E-state index contributed by atoms with van der Waals surface area (Å²) >= 11 is 0. The Labute approximate surface area is 163 Å². The lowest BCUT2D eigenvalue weighted by Gasteiger charge is -2.35. The second-order valence-electron chi connectivity index (χ2n) is 7.02. The van der Waals surface area contributed by atoms with Gasteiger partial charge in [0.15, 0.2) is 0 Å². The zero-order valence-electron chi connectivity index (χ0n) is 15.4.